The second kappa shape index (κ2) is 10.9. The summed E-state index contributed by atoms with van der Waals surface area (Å²) in [5, 5.41) is 12.2. The van der Waals surface area contributed by atoms with Gasteiger partial charge >= 0.3 is 0 Å². The van der Waals surface area contributed by atoms with Crippen molar-refractivity contribution < 1.29 is 14.3 Å². The van der Waals surface area contributed by atoms with E-state index in [1.807, 2.05) is 18.2 Å². The maximum Gasteiger partial charge on any atom is 0.234 e. The molecule has 2 aromatic carbocycles. The molecular weight excluding hydrogens is 438 g/mol. The molecule has 33 heavy (non-hydrogen) atoms. The van der Waals surface area contributed by atoms with Gasteiger partial charge in [-0.05, 0) is 36.4 Å². The molecule has 0 unspecified atom stereocenters. The number of nitrogens with one attached hydrogen (secondary N) is 1. The molecule has 172 valence electrons. The molecule has 0 radical (unpaired) electrons. The molecule has 2 heterocycles. The number of para-hydroxylation sites is 1. The minimum atomic E-state index is -0.158. The minimum Gasteiger partial charge on any atom is -0.497 e. The minimum absolute atomic E-state index is 0.158. The third kappa shape index (κ3) is 5.87. The number of hydrogen-bond donors (Lipinski definition) is 1. The maximum absolute atomic E-state index is 12.4. The molecule has 3 aromatic rings. The molecule has 0 aliphatic carbocycles. The van der Waals surface area contributed by atoms with Crippen LogP contribution in [0.25, 0.3) is 0 Å². The van der Waals surface area contributed by atoms with Crippen LogP contribution < -0.4 is 24.6 Å². The van der Waals surface area contributed by atoms with Crippen LogP contribution in [0.5, 0.6) is 11.5 Å². The molecule has 1 N–H and O–H groups in total. The number of ether oxygens (including phenoxy) is 2. The number of hydrogen-bond acceptors (Lipinski definition) is 8. The molecule has 1 aliphatic rings. The summed E-state index contributed by atoms with van der Waals surface area (Å²) in [5.41, 5.74) is 1.82. The van der Waals surface area contributed by atoms with Crippen LogP contribution in [0.3, 0.4) is 0 Å². The second-order valence-electron chi connectivity index (χ2n) is 7.44. The van der Waals surface area contributed by atoms with Crippen LogP contribution in [0, 0.1) is 0 Å². The molecule has 1 saturated heterocycles. The number of carbonyl (C=O) groups excluding carboxylic acids is 1. The summed E-state index contributed by atoms with van der Waals surface area (Å²) in [6.07, 6.45) is 0. The number of amides is 1. The van der Waals surface area contributed by atoms with Gasteiger partial charge in [0.1, 0.15) is 16.5 Å². The van der Waals surface area contributed by atoms with E-state index in [0.717, 1.165) is 32.0 Å². The maximum atomic E-state index is 12.4. The summed E-state index contributed by atoms with van der Waals surface area (Å²) in [6, 6.07) is 19.6. The molecule has 9 heteroatoms. The Labute approximate surface area is 197 Å². The Morgan fingerprint density at radius 2 is 1.70 bits per heavy atom. The molecule has 0 saturated carbocycles. The van der Waals surface area contributed by atoms with Gasteiger partial charge in [0.05, 0.1) is 25.7 Å². The zero-order valence-corrected chi connectivity index (χ0v) is 19.5. The zero-order chi connectivity index (χ0) is 23.0. The van der Waals surface area contributed by atoms with E-state index in [2.05, 4.69) is 49.6 Å². The number of piperazine rings is 1. The highest BCUT2D eigenvalue weighted by Gasteiger charge is 2.18. The first-order valence-electron chi connectivity index (χ1n) is 10.7. The molecule has 0 atom stereocenters. The van der Waals surface area contributed by atoms with Gasteiger partial charge in [0.15, 0.2) is 5.82 Å². The summed E-state index contributed by atoms with van der Waals surface area (Å²) in [4.78, 5) is 17.0. The van der Waals surface area contributed by atoms with E-state index in [1.165, 1.54) is 17.4 Å². The Morgan fingerprint density at radius 1 is 0.939 bits per heavy atom. The predicted octanol–water partition coefficient (Wildman–Crippen LogP) is 3.55. The van der Waals surface area contributed by atoms with Gasteiger partial charge < -0.3 is 24.6 Å². The number of benzene rings is 2. The van der Waals surface area contributed by atoms with Crippen molar-refractivity contribution in [3.05, 3.63) is 60.7 Å². The van der Waals surface area contributed by atoms with Gasteiger partial charge in [0, 0.05) is 37.9 Å². The van der Waals surface area contributed by atoms with Crippen LogP contribution in [0.15, 0.2) is 65.7 Å². The van der Waals surface area contributed by atoms with E-state index in [-0.39, 0.29) is 11.7 Å². The predicted molar refractivity (Wildman–Crippen MR) is 132 cm³/mol. The number of aromatic nitrogens is 2. The first-order chi connectivity index (χ1) is 16.2. The smallest absolute Gasteiger partial charge is 0.234 e. The van der Waals surface area contributed by atoms with Crippen molar-refractivity contribution in [3.63, 3.8) is 0 Å². The van der Waals surface area contributed by atoms with Crippen LogP contribution in [-0.2, 0) is 4.79 Å². The van der Waals surface area contributed by atoms with Crippen molar-refractivity contribution >= 4 is 34.9 Å². The van der Waals surface area contributed by atoms with E-state index >= 15 is 0 Å². The first kappa shape index (κ1) is 22.7. The lowest BCUT2D eigenvalue weighted by atomic mass is 10.2. The topological polar surface area (TPSA) is 79.8 Å². The Balaban J connectivity index is 1.27. The van der Waals surface area contributed by atoms with Crippen molar-refractivity contribution in [3.8, 4) is 11.5 Å². The summed E-state index contributed by atoms with van der Waals surface area (Å²) >= 11 is 1.34. The van der Waals surface area contributed by atoms with E-state index in [1.54, 1.807) is 32.4 Å². The van der Waals surface area contributed by atoms with E-state index in [9.17, 15) is 4.79 Å². The standard InChI is InChI=1S/C24H27N5O3S/c1-31-19-8-9-21(32-2)20(16-19)25-23(30)17-33-24-11-10-22(26-27-24)29-14-12-28(13-15-29)18-6-4-3-5-7-18/h3-11,16H,12-15,17H2,1-2H3,(H,25,30). The quantitative estimate of drug-likeness (QED) is 0.506. The second-order valence-corrected chi connectivity index (χ2v) is 8.44. The highest BCUT2D eigenvalue weighted by molar-refractivity contribution is 7.99. The summed E-state index contributed by atoms with van der Waals surface area (Å²) in [5.74, 6) is 2.13. The van der Waals surface area contributed by atoms with Crippen LogP contribution in [0.1, 0.15) is 0 Å². The molecule has 1 aromatic heterocycles. The average molecular weight is 466 g/mol. The van der Waals surface area contributed by atoms with Gasteiger partial charge in [-0.1, -0.05) is 30.0 Å². The zero-order valence-electron chi connectivity index (χ0n) is 18.7. The van der Waals surface area contributed by atoms with Gasteiger partial charge in [0.2, 0.25) is 5.91 Å². The fourth-order valence-electron chi connectivity index (χ4n) is 3.63. The van der Waals surface area contributed by atoms with E-state index in [0.29, 0.717) is 22.2 Å². The van der Waals surface area contributed by atoms with E-state index < -0.39 is 0 Å². The molecule has 1 amide bonds. The largest absolute Gasteiger partial charge is 0.497 e. The number of thioether (sulfide) groups is 1. The molecule has 0 spiro atoms. The monoisotopic (exact) mass is 465 g/mol. The van der Waals surface area contributed by atoms with Gasteiger partial charge in [-0.3, -0.25) is 4.79 Å². The molecule has 0 bridgehead atoms. The lowest BCUT2D eigenvalue weighted by molar-refractivity contribution is -0.113. The Kier molecular flexibility index (Phi) is 7.51. The average Bonchev–Trinajstić information content (AvgIpc) is 2.88. The Hall–Kier alpha value is -3.46. The van der Waals surface area contributed by atoms with Gasteiger partial charge in [-0.15, -0.1) is 10.2 Å². The summed E-state index contributed by atoms with van der Waals surface area (Å²) < 4.78 is 10.5. The Bertz CT molecular complexity index is 1060. The molecule has 4 rings (SSSR count). The number of nitrogens with zero attached hydrogens (tertiary/aromatic N) is 4. The third-order valence-corrected chi connectivity index (χ3v) is 6.30. The van der Waals surface area contributed by atoms with Gasteiger partial charge in [-0.25, -0.2) is 0 Å². The van der Waals surface area contributed by atoms with Crippen LogP contribution in [0.2, 0.25) is 0 Å². The van der Waals surface area contributed by atoms with Crippen molar-refractivity contribution in [2.45, 2.75) is 5.03 Å². The van der Waals surface area contributed by atoms with Crippen LogP contribution >= 0.6 is 11.8 Å². The van der Waals surface area contributed by atoms with Gasteiger partial charge in [-0.2, -0.15) is 0 Å². The lowest BCUT2D eigenvalue weighted by Gasteiger charge is -2.36. The van der Waals surface area contributed by atoms with Crippen LogP contribution in [0.4, 0.5) is 17.2 Å². The normalized spacial score (nSPS) is 13.5. The Morgan fingerprint density at radius 3 is 2.36 bits per heavy atom. The number of methoxy groups -OCH3 is 2. The fourth-order valence-corrected chi connectivity index (χ4v) is 4.24. The number of carbonyl (C=O) groups is 1. The fraction of sp³-hybridized carbons (Fsp3) is 0.292. The van der Waals surface area contributed by atoms with E-state index in [4.69, 9.17) is 9.47 Å². The highest BCUT2D eigenvalue weighted by atomic mass is 32.2. The molecule has 1 fully saturated rings. The molecular formula is C24H27N5O3S. The highest BCUT2D eigenvalue weighted by Crippen LogP contribution is 2.29. The van der Waals surface area contributed by atoms with Gasteiger partial charge in [0.25, 0.3) is 0 Å². The molecule has 8 nitrogen and oxygen atoms in total. The van der Waals surface area contributed by atoms with Crippen molar-refractivity contribution in [2.24, 2.45) is 0 Å². The summed E-state index contributed by atoms with van der Waals surface area (Å²) in [7, 11) is 3.14. The first-order valence-corrected chi connectivity index (χ1v) is 11.7. The SMILES string of the molecule is COc1ccc(OC)c(NC(=O)CSc2ccc(N3CCN(c4ccccc4)CC3)nn2)c1. The number of rotatable bonds is 8. The van der Waals surface area contributed by atoms with Crippen LogP contribution in [-0.4, -0.2) is 62.3 Å². The van der Waals surface area contributed by atoms with Crippen molar-refractivity contribution in [2.75, 3.05) is 61.3 Å². The molecule has 1 aliphatic heterocycles. The van der Waals surface area contributed by atoms with Crippen molar-refractivity contribution in [1.29, 1.82) is 0 Å². The number of anilines is 3. The lowest BCUT2D eigenvalue weighted by Crippen LogP contribution is -2.46. The van der Waals surface area contributed by atoms with Crippen molar-refractivity contribution in [1.82, 2.24) is 10.2 Å². The third-order valence-electron chi connectivity index (χ3n) is 5.38. The summed E-state index contributed by atoms with van der Waals surface area (Å²) in [6.45, 7) is 3.66.